The van der Waals surface area contributed by atoms with E-state index in [1.165, 1.54) is 6.08 Å². The Morgan fingerprint density at radius 2 is 0.867 bits per heavy atom. The Kier molecular flexibility index (Phi) is 25600. The van der Waals surface area contributed by atoms with Crippen LogP contribution in [0.1, 0.15) is 0 Å². The van der Waals surface area contributed by atoms with Gasteiger partial charge in [0.15, 0.2) is 0 Å². The third kappa shape index (κ3) is 4720. The molecule has 6 nitrogen and oxygen atoms in total. The van der Waals surface area contributed by atoms with Crippen molar-refractivity contribution in [2.45, 2.75) is 0 Å². The van der Waals surface area contributed by atoms with Crippen LogP contribution >= 0.6 is 0 Å². The van der Waals surface area contributed by atoms with Crippen molar-refractivity contribution >= 4 is 0 Å². The van der Waals surface area contributed by atoms with Crippen LogP contribution < -0.4 is 0 Å². The zero-order chi connectivity index (χ0) is 13.4. The predicted octanol–water partition coefficient (Wildman–Crippen LogP) is 0.506. The molecule has 0 aliphatic rings. The molecule has 0 unspecified atom stereocenters. The maximum atomic E-state index is 7.51. The van der Waals surface area contributed by atoms with Crippen LogP contribution in [-0.2, 0) is 40.6 Å². The van der Waals surface area contributed by atoms with Crippen LogP contribution in [0.15, 0.2) is 12.7 Å². The van der Waals surface area contributed by atoms with Gasteiger partial charge in [0.25, 0.3) is 0 Å². The SMILES string of the molecule is C=CC#N.[C-]#[O+].[C-]#[O+].[C-]#[O+].[C-]#[O+].[C-]#[O+].[Cr]. The number of nitrogens with zero attached hydrogens (tertiary/aromatic N) is 1. The Hall–Kier alpha value is -1.54. The van der Waals surface area contributed by atoms with E-state index in [2.05, 4.69) is 39.8 Å². The van der Waals surface area contributed by atoms with Crippen LogP contribution in [-0.4, -0.2) is 0 Å². The van der Waals surface area contributed by atoms with Crippen molar-refractivity contribution in [1.82, 2.24) is 0 Å². The summed E-state index contributed by atoms with van der Waals surface area (Å²) in [5, 5.41) is 7.51. The van der Waals surface area contributed by atoms with Crippen LogP contribution in [0.25, 0.3) is 0 Å². The van der Waals surface area contributed by atoms with E-state index in [1.807, 2.05) is 0 Å². The normalized spacial score (nSPS) is 1.67. The first-order valence-electron chi connectivity index (χ1n) is 1.94. The van der Waals surface area contributed by atoms with Crippen LogP contribution in [0, 0.1) is 44.6 Å². The van der Waals surface area contributed by atoms with Crippen molar-refractivity contribution in [3.63, 3.8) is 0 Å². The van der Waals surface area contributed by atoms with E-state index in [0.717, 1.165) is 0 Å². The van der Waals surface area contributed by atoms with Crippen molar-refractivity contribution < 1.29 is 40.6 Å². The molecular weight excluding hydrogens is 242 g/mol. The average Bonchev–Trinajstić information content (AvgIpc) is 2.41. The van der Waals surface area contributed by atoms with Crippen LogP contribution in [0.5, 0.6) is 0 Å². The van der Waals surface area contributed by atoms with Gasteiger partial charge >= 0.3 is 56.5 Å². The van der Waals surface area contributed by atoms with Gasteiger partial charge in [-0.25, -0.2) is 0 Å². The van der Waals surface area contributed by atoms with E-state index < -0.39 is 0 Å². The molecule has 0 aliphatic heterocycles. The predicted molar refractivity (Wildman–Crippen MR) is 35.5 cm³/mol. The fraction of sp³-hybridized carbons (Fsp3) is 0. The van der Waals surface area contributed by atoms with Crippen LogP contribution in [0.2, 0.25) is 0 Å². The Labute approximate surface area is 98.3 Å². The molecular formula is C8H3CrNO5. The van der Waals surface area contributed by atoms with Crippen molar-refractivity contribution in [1.29, 1.82) is 5.26 Å². The van der Waals surface area contributed by atoms with E-state index in [0.29, 0.717) is 0 Å². The van der Waals surface area contributed by atoms with Gasteiger partial charge in [0.05, 0.1) is 6.07 Å². The smallest absolute Gasteiger partial charge is 0 e. The minimum atomic E-state index is 0. The molecule has 0 saturated carbocycles. The fourth-order valence-electron chi connectivity index (χ4n) is 0. The van der Waals surface area contributed by atoms with Crippen molar-refractivity contribution in [3.8, 4) is 6.07 Å². The molecule has 0 N–H and O–H groups in total. The van der Waals surface area contributed by atoms with E-state index in [4.69, 9.17) is 28.5 Å². The number of allylic oxidation sites excluding steroid dienone is 1. The fourth-order valence-corrected chi connectivity index (χ4v) is 0. The van der Waals surface area contributed by atoms with E-state index >= 15 is 0 Å². The summed E-state index contributed by atoms with van der Waals surface area (Å²) in [5.74, 6) is 0. The molecule has 0 spiro atoms. The first-order chi connectivity index (χ1) is 6.91. The van der Waals surface area contributed by atoms with Crippen molar-refractivity contribution in [2.24, 2.45) is 0 Å². The molecule has 0 bridgehead atoms. The number of nitriles is 1. The third-order valence-corrected chi connectivity index (χ3v) is 0.0913. The summed E-state index contributed by atoms with van der Waals surface area (Å²) >= 11 is 0. The Morgan fingerprint density at radius 1 is 0.800 bits per heavy atom. The molecule has 0 aromatic rings. The van der Waals surface area contributed by atoms with Crippen LogP contribution in [0.4, 0.5) is 0 Å². The Morgan fingerprint density at radius 3 is 0.867 bits per heavy atom. The van der Waals surface area contributed by atoms with Gasteiger partial charge < -0.3 is 0 Å². The molecule has 0 aliphatic carbocycles. The van der Waals surface area contributed by atoms with Gasteiger partial charge in [-0.3, -0.25) is 0 Å². The van der Waals surface area contributed by atoms with Gasteiger partial charge in [-0.05, 0) is 0 Å². The second-order valence-electron chi connectivity index (χ2n) is 0.333. The molecule has 0 heterocycles. The van der Waals surface area contributed by atoms with Gasteiger partial charge in [0, 0.05) is 23.4 Å². The monoisotopic (exact) mass is 245 g/mol. The topological polar surface area (TPSA) is 123 Å². The molecule has 0 atom stereocenters. The molecule has 15 heavy (non-hydrogen) atoms. The number of hydrogen-bond donors (Lipinski definition) is 0. The Bertz CT molecular complexity index is 173. The third-order valence-electron chi connectivity index (χ3n) is 0.0913. The summed E-state index contributed by atoms with van der Waals surface area (Å²) in [6.45, 7) is 25.6. The summed E-state index contributed by atoms with van der Waals surface area (Å²) in [7, 11) is 0. The van der Waals surface area contributed by atoms with Gasteiger partial charge in [-0.1, -0.05) is 6.58 Å². The van der Waals surface area contributed by atoms with Crippen molar-refractivity contribution in [2.75, 3.05) is 0 Å². The second-order valence-corrected chi connectivity index (χ2v) is 0.333. The van der Waals surface area contributed by atoms with E-state index in [-0.39, 0.29) is 17.4 Å². The summed E-state index contributed by atoms with van der Waals surface area (Å²) in [4.78, 5) is 0. The van der Waals surface area contributed by atoms with Gasteiger partial charge in [0.1, 0.15) is 0 Å². The summed E-state index contributed by atoms with van der Waals surface area (Å²) in [6.07, 6.45) is 1.18. The average molecular weight is 245 g/mol. The second kappa shape index (κ2) is 7660. The molecule has 0 rings (SSSR count). The molecule has 7 heteroatoms. The quantitative estimate of drug-likeness (QED) is 0.344. The first-order valence-corrected chi connectivity index (χ1v) is 1.94. The molecule has 76 valence electrons. The maximum absolute atomic E-state index is 7.51. The zero-order valence-electron chi connectivity index (χ0n) is 7.18. The van der Waals surface area contributed by atoms with E-state index in [1.54, 1.807) is 6.07 Å². The summed E-state index contributed by atoms with van der Waals surface area (Å²) in [5.41, 5.74) is 0. The van der Waals surface area contributed by atoms with Crippen molar-refractivity contribution in [3.05, 3.63) is 45.9 Å². The molecule has 0 saturated heterocycles. The molecule has 0 radical (unpaired) electrons. The minimum absolute atomic E-state index is 0. The number of rotatable bonds is 0. The largest absolute Gasteiger partial charge is 0 e. The van der Waals surface area contributed by atoms with E-state index in [9.17, 15) is 0 Å². The van der Waals surface area contributed by atoms with Gasteiger partial charge in [-0.2, -0.15) is 5.26 Å². The maximum Gasteiger partial charge on any atom is 0 e. The van der Waals surface area contributed by atoms with Crippen LogP contribution in [0.3, 0.4) is 0 Å². The molecule has 0 amide bonds. The standard InChI is InChI=1S/C3H3N.5CO.Cr/c1-2-3-4;5*1-2;/h2H,1H2;;;;;;. The molecule has 0 aromatic heterocycles. The molecule has 0 aromatic carbocycles. The molecule has 0 fully saturated rings. The number of hydrogen-bond acceptors (Lipinski definition) is 1. The zero-order valence-corrected chi connectivity index (χ0v) is 8.46. The minimum Gasteiger partial charge on any atom is 0 e. The Balaban J connectivity index is -0.0000000105. The van der Waals surface area contributed by atoms with Gasteiger partial charge in [-0.15, -0.1) is 0 Å². The summed E-state index contributed by atoms with van der Waals surface area (Å²) in [6, 6.07) is 1.69. The van der Waals surface area contributed by atoms with Gasteiger partial charge in [0.2, 0.25) is 0 Å². The summed E-state index contributed by atoms with van der Waals surface area (Å²) < 4.78 is 37.5. The first kappa shape index (κ1) is 50.1.